The van der Waals surface area contributed by atoms with Crippen molar-refractivity contribution < 1.29 is 0 Å². The van der Waals surface area contributed by atoms with Crippen LogP contribution in [0.1, 0.15) is 11.3 Å². The minimum atomic E-state index is -0.0899. The first-order chi connectivity index (χ1) is 8.72. The lowest BCUT2D eigenvalue weighted by Crippen LogP contribution is -2.22. The Morgan fingerprint density at radius 2 is 2.17 bits per heavy atom. The first-order valence-electron chi connectivity index (χ1n) is 5.69. The molecule has 0 atom stereocenters. The van der Waals surface area contributed by atoms with E-state index in [0.717, 1.165) is 22.2 Å². The monoisotopic (exact) mass is 240 g/mol. The zero-order chi connectivity index (χ0) is 12.5. The highest BCUT2D eigenvalue weighted by Gasteiger charge is 2.02. The maximum atomic E-state index is 11.7. The van der Waals surface area contributed by atoms with Crippen LogP contribution in [0.3, 0.4) is 0 Å². The van der Waals surface area contributed by atoms with Crippen LogP contribution in [0.2, 0.25) is 0 Å². The number of nitrogens with zero attached hydrogens (tertiary/aromatic N) is 3. The molecule has 2 aromatic heterocycles. The largest absolute Gasteiger partial charge is 0.278 e. The molecule has 0 aliphatic heterocycles. The van der Waals surface area contributed by atoms with Gasteiger partial charge >= 0.3 is 0 Å². The van der Waals surface area contributed by atoms with Crippen molar-refractivity contribution >= 4 is 10.9 Å². The lowest BCUT2D eigenvalue weighted by molar-refractivity contribution is 0.629. The Morgan fingerprint density at radius 3 is 3.06 bits per heavy atom. The Hall–Kier alpha value is -2.43. The number of nitrogens with one attached hydrogen (secondary N) is 1. The molecule has 0 aliphatic rings. The second-order valence-electron chi connectivity index (χ2n) is 4.26. The Balaban J connectivity index is 2.00. The van der Waals surface area contributed by atoms with Gasteiger partial charge in [-0.2, -0.15) is 10.2 Å². The Kier molecular flexibility index (Phi) is 2.44. The molecule has 90 valence electrons. The summed E-state index contributed by atoms with van der Waals surface area (Å²) in [6.45, 7) is 2.34. The lowest BCUT2D eigenvalue weighted by atomic mass is 10.1. The van der Waals surface area contributed by atoms with Crippen LogP contribution in [0.5, 0.6) is 0 Å². The maximum absolute atomic E-state index is 11.7. The van der Waals surface area contributed by atoms with Gasteiger partial charge < -0.3 is 0 Å². The zero-order valence-corrected chi connectivity index (χ0v) is 9.92. The number of aromatic amines is 1. The van der Waals surface area contributed by atoms with E-state index in [1.165, 1.54) is 4.68 Å². The summed E-state index contributed by atoms with van der Waals surface area (Å²) in [6.07, 6.45) is 1.77. The van der Waals surface area contributed by atoms with Crippen LogP contribution in [-0.4, -0.2) is 20.0 Å². The minimum absolute atomic E-state index is 0.0899. The molecular weight excluding hydrogens is 228 g/mol. The molecule has 0 saturated heterocycles. The Morgan fingerprint density at radius 1 is 1.28 bits per heavy atom. The van der Waals surface area contributed by atoms with E-state index in [2.05, 4.69) is 15.3 Å². The topological polar surface area (TPSA) is 63.6 Å². The Labute approximate surface area is 103 Å². The molecule has 5 nitrogen and oxygen atoms in total. The highest BCUT2D eigenvalue weighted by atomic mass is 16.1. The molecule has 2 heterocycles. The molecule has 0 unspecified atom stereocenters. The molecule has 0 amide bonds. The SMILES string of the molecule is Cc1ccc(=O)n(Cc2ccc3[nH]ncc3c2)n1. The second kappa shape index (κ2) is 4.10. The van der Waals surface area contributed by atoms with Gasteiger partial charge in [-0.3, -0.25) is 9.89 Å². The predicted octanol–water partition coefficient (Wildman–Crippen LogP) is 1.48. The van der Waals surface area contributed by atoms with E-state index in [4.69, 9.17) is 0 Å². The van der Waals surface area contributed by atoms with Gasteiger partial charge in [0.25, 0.3) is 5.56 Å². The quantitative estimate of drug-likeness (QED) is 0.737. The Bertz CT molecular complexity index is 757. The summed E-state index contributed by atoms with van der Waals surface area (Å²) in [6, 6.07) is 9.20. The lowest BCUT2D eigenvalue weighted by Gasteiger charge is -2.05. The van der Waals surface area contributed by atoms with Crippen molar-refractivity contribution in [3.05, 3.63) is 58.1 Å². The van der Waals surface area contributed by atoms with Crippen molar-refractivity contribution in [1.82, 2.24) is 20.0 Å². The predicted molar refractivity (Wildman–Crippen MR) is 68.4 cm³/mol. The van der Waals surface area contributed by atoms with Gasteiger partial charge in [-0.05, 0) is 30.7 Å². The number of hydrogen-bond acceptors (Lipinski definition) is 3. The van der Waals surface area contributed by atoms with E-state index in [-0.39, 0.29) is 5.56 Å². The molecule has 0 bridgehead atoms. The molecule has 0 saturated carbocycles. The molecule has 0 radical (unpaired) electrons. The van der Waals surface area contributed by atoms with Crippen molar-refractivity contribution in [2.24, 2.45) is 0 Å². The summed E-state index contributed by atoms with van der Waals surface area (Å²) in [7, 11) is 0. The van der Waals surface area contributed by atoms with Crippen molar-refractivity contribution in [3.8, 4) is 0 Å². The third-order valence-corrected chi connectivity index (χ3v) is 2.84. The number of hydrogen-bond donors (Lipinski definition) is 1. The summed E-state index contributed by atoms with van der Waals surface area (Å²) >= 11 is 0. The van der Waals surface area contributed by atoms with Gasteiger partial charge in [0.1, 0.15) is 0 Å². The van der Waals surface area contributed by atoms with E-state index < -0.39 is 0 Å². The fourth-order valence-corrected chi connectivity index (χ4v) is 1.93. The number of rotatable bonds is 2. The fourth-order valence-electron chi connectivity index (χ4n) is 1.93. The van der Waals surface area contributed by atoms with Crippen LogP contribution in [-0.2, 0) is 6.54 Å². The van der Waals surface area contributed by atoms with Gasteiger partial charge in [-0.1, -0.05) is 6.07 Å². The molecule has 1 N–H and O–H groups in total. The summed E-state index contributed by atoms with van der Waals surface area (Å²) < 4.78 is 1.47. The van der Waals surface area contributed by atoms with Crippen LogP contribution in [0.25, 0.3) is 10.9 Å². The van der Waals surface area contributed by atoms with Gasteiger partial charge in [0.15, 0.2) is 0 Å². The van der Waals surface area contributed by atoms with Crippen molar-refractivity contribution in [2.75, 3.05) is 0 Å². The summed E-state index contributed by atoms with van der Waals surface area (Å²) in [4.78, 5) is 11.7. The first kappa shape index (κ1) is 10.7. The van der Waals surface area contributed by atoms with Crippen LogP contribution in [0, 0.1) is 6.92 Å². The van der Waals surface area contributed by atoms with Crippen LogP contribution >= 0.6 is 0 Å². The van der Waals surface area contributed by atoms with E-state index in [9.17, 15) is 4.79 Å². The van der Waals surface area contributed by atoms with Crippen molar-refractivity contribution in [1.29, 1.82) is 0 Å². The normalized spacial score (nSPS) is 10.9. The molecule has 1 aromatic carbocycles. The average Bonchev–Trinajstić information content (AvgIpc) is 2.81. The standard InChI is InChI=1S/C13H12N4O/c1-9-2-5-13(18)17(16-9)8-10-3-4-12-11(6-10)7-14-15-12/h2-7H,8H2,1H3,(H,14,15). The molecule has 3 rings (SSSR count). The third-order valence-electron chi connectivity index (χ3n) is 2.84. The van der Waals surface area contributed by atoms with E-state index in [1.807, 2.05) is 25.1 Å². The van der Waals surface area contributed by atoms with Crippen LogP contribution < -0.4 is 5.56 Å². The first-order valence-corrected chi connectivity index (χ1v) is 5.69. The van der Waals surface area contributed by atoms with Crippen molar-refractivity contribution in [2.45, 2.75) is 13.5 Å². The third kappa shape index (κ3) is 1.90. The zero-order valence-electron chi connectivity index (χ0n) is 9.92. The molecule has 3 aromatic rings. The smallest absolute Gasteiger partial charge is 0.267 e. The van der Waals surface area contributed by atoms with E-state index in [0.29, 0.717) is 6.54 Å². The fraction of sp³-hybridized carbons (Fsp3) is 0.154. The highest BCUT2D eigenvalue weighted by Crippen LogP contribution is 2.13. The number of benzene rings is 1. The number of aromatic nitrogens is 4. The molecular formula is C13H12N4O. The van der Waals surface area contributed by atoms with Gasteiger partial charge in [0, 0.05) is 11.5 Å². The maximum Gasteiger partial charge on any atom is 0.267 e. The molecule has 0 aliphatic carbocycles. The summed E-state index contributed by atoms with van der Waals surface area (Å²) in [5.74, 6) is 0. The second-order valence-corrected chi connectivity index (χ2v) is 4.26. The molecule has 18 heavy (non-hydrogen) atoms. The molecule has 5 heteroatoms. The van der Waals surface area contributed by atoms with Gasteiger partial charge in [-0.15, -0.1) is 0 Å². The van der Waals surface area contributed by atoms with Gasteiger partial charge in [0.05, 0.1) is 24.0 Å². The van der Waals surface area contributed by atoms with Crippen molar-refractivity contribution in [3.63, 3.8) is 0 Å². The number of H-pyrrole nitrogens is 1. The van der Waals surface area contributed by atoms with Gasteiger partial charge in [0.2, 0.25) is 0 Å². The summed E-state index contributed by atoms with van der Waals surface area (Å²) in [5, 5.41) is 12.1. The van der Waals surface area contributed by atoms with Gasteiger partial charge in [-0.25, -0.2) is 4.68 Å². The van der Waals surface area contributed by atoms with E-state index in [1.54, 1.807) is 18.3 Å². The highest BCUT2D eigenvalue weighted by molar-refractivity contribution is 5.78. The number of aryl methyl sites for hydroxylation is 1. The molecule has 0 fully saturated rings. The minimum Gasteiger partial charge on any atom is -0.278 e. The average molecular weight is 240 g/mol. The van der Waals surface area contributed by atoms with E-state index >= 15 is 0 Å². The van der Waals surface area contributed by atoms with Crippen LogP contribution in [0.4, 0.5) is 0 Å². The number of fused-ring (bicyclic) bond motifs is 1. The molecule has 0 spiro atoms. The van der Waals surface area contributed by atoms with Crippen LogP contribution in [0.15, 0.2) is 41.3 Å². The summed E-state index contributed by atoms with van der Waals surface area (Å²) in [5.41, 5.74) is 2.76.